The maximum absolute atomic E-state index is 12.3. The first-order valence-corrected chi connectivity index (χ1v) is 7.24. The molecule has 2 N–H and O–H groups in total. The topological polar surface area (TPSA) is 80.3 Å². The number of rotatable bonds is 4. The van der Waals surface area contributed by atoms with Gasteiger partial charge in [-0.1, -0.05) is 6.07 Å². The number of alkyl carbamates (subject to hydrolysis) is 1. The summed E-state index contributed by atoms with van der Waals surface area (Å²) in [5.41, 5.74) is -0.951. The third-order valence-electron chi connectivity index (χ3n) is 2.86. The number of carbonyl (C=O) groups excluding carboxylic acids is 2. The molecule has 0 aliphatic heterocycles. The Hall–Kier alpha value is -2.11. The standard InChI is InChI=1S/C16H25N3O3/c1-11(12-9-7-8-10-17-12)18-13(20)16(5,6)19-14(21)22-15(2,3)4/h7-11H,1-6H3,(H,18,20)(H,19,21). The molecule has 1 atom stereocenters. The molecule has 2 amide bonds. The van der Waals surface area contributed by atoms with E-state index in [1.807, 2.05) is 25.1 Å². The lowest BCUT2D eigenvalue weighted by molar-refractivity contribution is -0.127. The van der Waals surface area contributed by atoms with Gasteiger partial charge in [0.05, 0.1) is 11.7 Å². The smallest absolute Gasteiger partial charge is 0.408 e. The molecule has 0 bridgehead atoms. The Balaban J connectivity index is 2.65. The van der Waals surface area contributed by atoms with Crippen molar-refractivity contribution in [3.8, 4) is 0 Å². The minimum absolute atomic E-state index is 0.256. The van der Waals surface area contributed by atoms with E-state index >= 15 is 0 Å². The maximum Gasteiger partial charge on any atom is 0.408 e. The molecule has 1 unspecified atom stereocenters. The molecule has 0 aliphatic carbocycles. The van der Waals surface area contributed by atoms with Crippen LogP contribution in [0, 0.1) is 0 Å². The van der Waals surface area contributed by atoms with Crippen LogP contribution in [0.4, 0.5) is 4.79 Å². The monoisotopic (exact) mass is 307 g/mol. The zero-order valence-electron chi connectivity index (χ0n) is 14.1. The van der Waals surface area contributed by atoms with Crippen LogP contribution in [0.2, 0.25) is 0 Å². The van der Waals surface area contributed by atoms with Gasteiger partial charge in [0.15, 0.2) is 0 Å². The third-order valence-corrected chi connectivity index (χ3v) is 2.86. The van der Waals surface area contributed by atoms with Gasteiger partial charge in [0.25, 0.3) is 0 Å². The molecule has 122 valence electrons. The highest BCUT2D eigenvalue weighted by Gasteiger charge is 2.32. The lowest BCUT2D eigenvalue weighted by Crippen LogP contribution is -2.56. The fourth-order valence-corrected chi connectivity index (χ4v) is 1.70. The number of ether oxygens (including phenoxy) is 1. The number of carbonyl (C=O) groups is 2. The van der Waals surface area contributed by atoms with E-state index in [1.54, 1.807) is 40.8 Å². The summed E-state index contributed by atoms with van der Waals surface area (Å²) in [6.45, 7) is 10.4. The van der Waals surface area contributed by atoms with Gasteiger partial charge in [-0.25, -0.2) is 4.79 Å². The molecule has 0 aliphatic rings. The van der Waals surface area contributed by atoms with Gasteiger partial charge in [-0.2, -0.15) is 0 Å². The van der Waals surface area contributed by atoms with Gasteiger partial charge in [-0.3, -0.25) is 9.78 Å². The predicted octanol–water partition coefficient (Wildman–Crippen LogP) is 2.56. The molecule has 0 aromatic carbocycles. The van der Waals surface area contributed by atoms with Crippen molar-refractivity contribution in [3.63, 3.8) is 0 Å². The summed E-state index contributed by atoms with van der Waals surface area (Å²) in [5, 5.41) is 5.41. The average molecular weight is 307 g/mol. The highest BCUT2D eigenvalue weighted by molar-refractivity contribution is 5.89. The van der Waals surface area contributed by atoms with Crippen molar-refractivity contribution in [2.24, 2.45) is 0 Å². The van der Waals surface area contributed by atoms with Crippen molar-refractivity contribution in [2.75, 3.05) is 0 Å². The number of nitrogens with one attached hydrogen (secondary N) is 2. The first-order valence-electron chi connectivity index (χ1n) is 7.24. The Morgan fingerprint density at radius 2 is 1.82 bits per heavy atom. The van der Waals surface area contributed by atoms with E-state index in [-0.39, 0.29) is 11.9 Å². The molecule has 1 rings (SSSR count). The van der Waals surface area contributed by atoms with Crippen molar-refractivity contribution in [1.29, 1.82) is 0 Å². The highest BCUT2D eigenvalue weighted by Crippen LogP contribution is 2.13. The van der Waals surface area contributed by atoms with Crippen LogP contribution in [0.25, 0.3) is 0 Å². The van der Waals surface area contributed by atoms with Crippen LogP contribution in [0.15, 0.2) is 24.4 Å². The van der Waals surface area contributed by atoms with Crippen LogP contribution in [0.1, 0.15) is 53.3 Å². The lowest BCUT2D eigenvalue weighted by atomic mass is 10.0. The van der Waals surface area contributed by atoms with E-state index in [4.69, 9.17) is 4.74 Å². The van der Waals surface area contributed by atoms with Crippen LogP contribution >= 0.6 is 0 Å². The minimum Gasteiger partial charge on any atom is -0.444 e. The summed E-state index contributed by atoms with van der Waals surface area (Å²) < 4.78 is 5.17. The third kappa shape index (κ3) is 5.71. The van der Waals surface area contributed by atoms with Crippen molar-refractivity contribution < 1.29 is 14.3 Å². The number of amides is 2. The first-order chi connectivity index (χ1) is 10.0. The molecule has 6 nitrogen and oxygen atoms in total. The second-order valence-electron chi connectivity index (χ2n) is 6.70. The van der Waals surface area contributed by atoms with Gasteiger partial charge in [0.1, 0.15) is 11.1 Å². The van der Waals surface area contributed by atoms with E-state index in [2.05, 4.69) is 15.6 Å². The summed E-state index contributed by atoms with van der Waals surface area (Å²) in [7, 11) is 0. The SMILES string of the molecule is CC(NC(=O)C(C)(C)NC(=O)OC(C)(C)C)c1ccccn1. The molecule has 1 aromatic rings. The lowest BCUT2D eigenvalue weighted by Gasteiger charge is -2.28. The van der Waals surface area contributed by atoms with Crippen LogP contribution in [0.3, 0.4) is 0 Å². The van der Waals surface area contributed by atoms with Gasteiger partial charge in [-0.15, -0.1) is 0 Å². The fraction of sp³-hybridized carbons (Fsp3) is 0.562. The number of hydrogen-bond acceptors (Lipinski definition) is 4. The van der Waals surface area contributed by atoms with Gasteiger partial charge in [0, 0.05) is 6.20 Å². The molecule has 0 radical (unpaired) electrons. The molecule has 6 heteroatoms. The Morgan fingerprint density at radius 1 is 1.18 bits per heavy atom. The van der Waals surface area contributed by atoms with Crippen molar-refractivity contribution in [1.82, 2.24) is 15.6 Å². The molecular formula is C16H25N3O3. The summed E-state index contributed by atoms with van der Waals surface area (Å²) in [6, 6.07) is 5.24. The number of hydrogen-bond donors (Lipinski definition) is 2. The predicted molar refractivity (Wildman–Crippen MR) is 84.2 cm³/mol. The Kier molecular flexibility index (Phi) is 5.52. The van der Waals surface area contributed by atoms with Crippen LogP contribution in [0.5, 0.6) is 0 Å². The van der Waals surface area contributed by atoms with Gasteiger partial charge in [-0.05, 0) is 53.7 Å². The molecule has 22 heavy (non-hydrogen) atoms. The highest BCUT2D eigenvalue weighted by atomic mass is 16.6. The van der Waals surface area contributed by atoms with E-state index in [9.17, 15) is 9.59 Å². The summed E-state index contributed by atoms with van der Waals surface area (Å²) in [6.07, 6.45) is 1.04. The van der Waals surface area contributed by atoms with E-state index in [0.29, 0.717) is 0 Å². The summed E-state index contributed by atoms with van der Waals surface area (Å²) in [4.78, 5) is 28.3. The van der Waals surface area contributed by atoms with Crippen molar-refractivity contribution in [3.05, 3.63) is 30.1 Å². The molecule has 0 spiro atoms. The molecule has 0 saturated carbocycles. The number of aromatic nitrogens is 1. The second kappa shape index (κ2) is 6.77. The molecule has 0 fully saturated rings. The first kappa shape index (κ1) is 17.9. The average Bonchev–Trinajstić information content (AvgIpc) is 2.36. The minimum atomic E-state index is -1.09. The number of pyridine rings is 1. The Bertz CT molecular complexity index is 521. The summed E-state index contributed by atoms with van der Waals surface area (Å²) >= 11 is 0. The second-order valence-corrected chi connectivity index (χ2v) is 6.70. The maximum atomic E-state index is 12.3. The van der Waals surface area contributed by atoms with Crippen LogP contribution < -0.4 is 10.6 Å². The van der Waals surface area contributed by atoms with Gasteiger partial charge in [0.2, 0.25) is 5.91 Å². The van der Waals surface area contributed by atoms with E-state index in [1.165, 1.54) is 0 Å². The quantitative estimate of drug-likeness (QED) is 0.896. The van der Waals surface area contributed by atoms with Crippen LogP contribution in [-0.2, 0) is 9.53 Å². The zero-order chi connectivity index (χ0) is 17.0. The van der Waals surface area contributed by atoms with Crippen molar-refractivity contribution >= 4 is 12.0 Å². The Morgan fingerprint density at radius 3 is 2.32 bits per heavy atom. The van der Waals surface area contributed by atoms with Crippen molar-refractivity contribution in [2.45, 2.75) is 58.7 Å². The van der Waals surface area contributed by atoms with Crippen LogP contribution in [-0.4, -0.2) is 28.1 Å². The Labute approximate surface area is 131 Å². The fourth-order valence-electron chi connectivity index (χ4n) is 1.70. The molecular weight excluding hydrogens is 282 g/mol. The summed E-state index contributed by atoms with van der Waals surface area (Å²) in [5.74, 6) is -0.309. The zero-order valence-corrected chi connectivity index (χ0v) is 14.1. The van der Waals surface area contributed by atoms with E-state index in [0.717, 1.165) is 5.69 Å². The molecule has 0 saturated heterocycles. The van der Waals surface area contributed by atoms with Gasteiger partial charge >= 0.3 is 6.09 Å². The molecule has 1 heterocycles. The number of nitrogens with zero attached hydrogens (tertiary/aromatic N) is 1. The normalized spacial score (nSPS) is 13.2. The molecule has 1 aromatic heterocycles. The van der Waals surface area contributed by atoms with Gasteiger partial charge < -0.3 is 15.4 Å². The van der Waals surface area contributed by atoms with E-state index < -0.39 is 17.2 Å². The largest absolute Gasteiger partial charge is 0.444 e.